The van der Waals surface area contributed by atoms with Crippen LogP contribution in [0.3, 0.4) is 0 Å². The summed E-state index contributed by atoms with van der Waals surface area (Å²) in [6.45, 7) is 0.765. The molecule has 1 saturated heterocycles. The average Bonchev–Trinajstić information content (AvgIpc) is 3.42. The van der Waals surface area contributed by atoms with E-state index in [1.807, 2.05) is 48.5 Å². The fourth-order valence-corrected chi connectivity index (χ4v) is 7.15. The third-order valence-electron chi connectivity index (χ3n) is 6.96. The second-order valence-corrected chi connectivity index (χ2v) is 13.5. The number of nitrogens with one attached hydrogen (secondary N) is 1. The molecule has 226 valence electrons. The molecule has 0 spiro atoms. The number of halogens is 1. The van der Waals surface area contributed by atoms with E-state index in [2.05, 4.69) is 36.0 Å². The number of amides is 1. The summed E-state index contributed by atoms with van der Waals surface area (Å²) in [5.41, 5.74) is 1.61. The molecule has 3 aromatic carbocycles. The maximum atomic E-state index is 13.1. The van der Waals surface area contributed by atoms with E-state index < -0.39 is 26.8 Å². The van der Waals surface area contributed by atoms with E-state index in [0.29, 0.717) is 36.9 Å². The zero-order chi connectivity index (χ0) is 30.7. The second-order valence-electron chi connectivity index (χ2n) is 9.82. The monoisotopic (exact) mass is 696 g/mol. The smallest absolute Gasteiger partial charge is 0.415 e. The van der Waals surface area contributed by atoms with Crippen LogP contribution >= 0.6 is 27.7 Å². The molecular weight excluding hydrogens is 672 g/mol. The van der Waals surface area contributed by atoms with Crippen LogP contribution in [-0.4, -0.2) is 59.3 Å². The summed E-state index contributed by atoms with van der Waals surface area (Å²) >= 11 is 4.81. The number of hydrogen-bond donors (Lipinski definition) is 1. The molecule has 2 aromatic heterocycles. The van der Waals surface area contributed by atoms with E-state index in [9.17, 15) is 18.4 Å². The highest BCUT2D eigenvalue weighted by molar-refractivity contribution is 9.10. The van der Waals surface area contributed by atoms with E-state index in [1.54, 1.807) is 23.1 Å². The van der Waals surface area contributed by atoms with Crippen LogP contribution in [0.4, 0.5) is 11.5 Å². The molecular formula is C29H25BrN6O6S2. The first kappa shape index (κ1) is 29.8. The van der Waals surface area contributed by atoms with Gasteiger partial charge in [0.25, 0.3) is 9.84 Å². The summed E-state index contributed by atoms with van der Waals surface area (Å²) in [5, 5.41) is 19.7. The van der Waals surface area contributed by atoms with Crippen LogP contribution < -0.4 is 15.0 Å². The third-order valence-corrected chi connectivity index (χ3v) is 10.2. The number of likely N-dealkylation sites (tertiary alicyclic amines) is 1. The number of sulfone groups is 1. The van der Waals surface area contributed by atoms with Gasteiger partial charge in [-0.15, -0.1) is 0 Å². The normalized spacial score (nSPS) is 14.1. The number of para-hydroxylation sites is 2. The van der Waals surface area contributed by atoms with Gasteiger partial charge in [-0.25, -0.2) is 18.4 Å². The molecule has 44 heavy (non-hydrogen) atoms. The second kappa shape index (κ2) is 12.8. The van der Waals surface area contributed by atoms with Gasteiger partial charge in [-0.1, -0.05) is 54.2 Å². The molecule has 0 unspecified atom stereocenters. The Bertz CT molecular complexity index is 1920. The number of thioether (sulfide) groups is 1. The molecule has 5 aromatic rings. The molecule has 1 fully saturated rings. The molecule has 0 radical (unpaired) electrons. The molecule has 0 bridgehead atoms. The van der Waals surface area contributed by atoms with E-state index in [-0.39, 0.29) is 21.5 Å². The SMILES string of the molecule is O=C(CSc1nc(Nc2ccccc2Br)c2ccccc2n1)N1CCC(Oc2no[n+]([O-])c2S(=O)(=O)c2ccccc2)CC1. The first-order valence-electron chi connectivity index (χ1n) is 13.5. The number of carbonyl (C=O) groups excluding carboxylic acids is 1. The first-order valence-corrected chi connectivity index (χ1v) is 16.8. The predicted molar refractivity (Wildman–Crippen MR) is 165 cm³/mol. The summed E-state index contributed by atoms with van der Waals surface area (Å²) < 4.78 is 37.3. The van der Waals surface area contributed by atoms with Crippen LogP contribution in [-0.2, 0) is 14.6 Å². The Labute approximate surface area is 265 Å². The number of carbonyl (C=O) groups is 1. The van der Waals surface area contributed by atoms with Crippen molar-refractivity contribution in [1.29, 1.82) is 0 Å². The Kier molecular flexibility index (Phi) is 8.68. The maximum Gasteiger partial charge on any atom is 0.415 e. The van der Waals surface area contributed by atoms with Gasteiger partial charge < -0.3 is 20.2 Å². The van der Waals surface area contributed by atoms with Crippen LogP contribution in [0.1, 0.15) is 12.8 Å². The van der Waals surface area contributed by atoms with Crippen molar-refractivity contribution >= 4 is 65.8 Å². The molecule has 6 rings (SSSR count). The number of ether oxygens (including phenoxy) is 1. The van der Waals surface area contributed by atoms with Gasteiger partial charge in [0.1, 0.15) is 11.9 Å². The van der Waals surface area contributed by atoms with Gasteiger partial charge in [-0.2, -0.15) is 0 Å². The molecule has 0 atom stereocenters. The highest BCUT2D eigenvalue weighted by atomic mass is 79.9. The molecule has 1 aliphatic heterocycles. The first-order chi connectivity index (χ1) is 21.3. The highest BCUT2D eigenvalue weighted by Gasteiger charge is 2.37. The molecule has 1 aliphatic rings. The topological polar surface area (TPSA) is 154 Å². The third kappa shape index (κ3) is 6.34. The fourth-order valence-electron chi connectivity index (χ4n) is 4.73. The van der Waals surface area contributed by atoms with Crippen molar-refractivity contribution in [1.82, 2.24) is 20.0 Å². The van der Waals surface area contributed by atoms with Gasteiger partial charge >= 0.3 is 10.9 Å². The number of aromatic nitrogens is 4. The van der Waals surface area contributed by atoms with Crippen molar-refractivity contribution in [2.24, 2.45) is 0 Å². The van der Waals surface area contributed by atoms with E-state index >= 15 is 0 Å². The molecule has 3 heterocycles. The highest BCUT2D eigenvalue weighted by Crippen LogP contribution is 2.31. The maximum absolute atomic E-state index is 13.1. The summed E-state index contributed by atoms with van der Waals surface area (Å²) in [6, 6.07) is 22.9. The number of nitrogens with zero attached hydrogens (tertiary/aromatic N) is 5. The van der Waals surface area contributed by atoms with E-state index in [4.69, 9.17) is 9.72 Å². The lowest BCUT2D eigenvalue weighted by atomic mass is 10.1. The van der Waals surface area contributed by atoms with Gasteiger partial charge in [0, 0.05) is 35.8 Å². The lowest BCUT2D eigenvalue weighted by molar-refractivity contribution is -0.832. The number of rotatable bonds is 9. The van der Waals surface area contributed by atoms with Gasteiger partial charge in [-0.3, -0.25) is 9.42 Å². The minimum Gasteiger partial charge on any atom is -0.451 e. The fraction of sp³-hybridized carbons (Fsp3) is 0.207. The van der Waals surface area contributed by atoms with Crippen molar-refractivity contribution in [2.45, 2.75) is 34.0 Å². The summed E-state index contributed by atoms with van der Waals surface area (Å²) in [4.78, 5) is 23.9. The standard InChI is InChI=1S/C29H25BrN6O6S2/c30-22-11-5-7-13-24(22)31-26-21-10-4-6-12-23(21)32-29(33-26)43-18-25(37)35-16-14-19(15-17-35)41-27-28(36(38)42-34-27)44(39,40)20-8-2-1-3-9-20/h1-13,19H,14-18H2,(H,31,32,33). The Morgan fingerprint density at radius 3 is 2.52 bits per heavy atom. The van der Waals surface area contributed by atoms with Crippen LogP contribution in [0.5, 0.6) is 5.88 Å². The Morgan fingerprint density at radius 2 is 1.75 bits per heavy atom. The zero-order valence-corrected chi connectivity index (χ0v) is 26.2. The summed E-state index contributed by atoms with van der Waals surface area (Å²) in [7, 11) is -4.22. The van der Waals surface area contributed by atoms with Crippen molar-refractivity contribution in [3.63, 3.8) is 0 Å². The average molecular weight is 698 g/mol. The van der Waals surface area contributed by atoms with E-state index in [1.165, 1.54) is 23.9 Å². The Balaban J connectivity index is 1.08. The number of benzene rings is 3. The van der Waals surface area contributed by atoms with Crippen LogP contribution in [0, 0.1) is 5.21 Å². The van der Waals surface area contributed by atoms with Crippen molar-refractivity contribution in [3.05, 3.63) is 88.5 Å². The minimum atomic E-state index is -4.22. The molecule has 15 heteroatoms. The lowest BCUT2D eigenvalue weighted by Crippen LogP contribution is -2.42. The number of anilines is 2. The predicted octanol–water partition coefficient (Wildman–Crippen LogP) is 4.75. The van der Waals surface area contributed by atoms with Crippen LogP contribution in [0.2, 0.25) is 0 Å². The van der Waals surface area contributed by atoms with Gasteiger partial charge in [0.2, 0.25) is 5.91 Å². The quantitative estimate of drug-likeness (QED) is 0.129. The number of piperidine rings is 1. The van der Waals surface area contributed by atoms with Crippen LogP contribution in [0.15, 0.2) is 103 Å². The van der Waals surface area contributed by atoms with Crippen molar-refractivity contribution in [2.75, 3.05) is 24.2 Å². The number of fused-ring (bicyclic) bond motifs is 1. The minimum absolute atomic E-state index is 0.0817. The number of hydrogen-bond acceptors (Lipinski definition) is 11. The Morgan fingerprint density at radius 1 is 1.05 bits per heavy atom. The zero-order valence-electron chi connectivity index (χ0n) is 23.0. The summed E-state index contributed by atoms with van der Waals surface area (Å²) in [6.07, 6.45) is 0.370. The lowest BCUT2D eigenvalue weighted by Gasteiger charge is -2.31. The van der Waals surface area contributed by atoms with Gasteiger partial charge in [-0.05, 0) is 57.2 Å². The van der Waals surface area contributed by atoms with Crippen LogP contribution in [0.25, 0.3) is 10.9 Å². The Hall–Kier alpha value is -4.21. The van der Waals surface area contributed by atoms with Gasteiger partial charge in [0.15, 0.2) is 5.16 Å². The molecule has 1 N–H and O–H groups in total. The molecule has 0 aliphatic carbocycles. The van der Waals surface area contributed by atoms with Gasteiger partial charge in [0.05, 0.1) is 27.0 Å². The van der Waals surface area contributed by atoms with Crippen molar-refractivity contribution < 1.29 is 27.5 Å². The molecule has 12 nitrogen and oxygen atoms in total. The molecule has 0 saturated carbocycles. The summed E-state index contributed by atoms with van der Waals surface area (Å²) in [5.74, 6) is 0.287. The largest absolute Gasteiger partial charge is 0.451 e. The van der Waals surface area contributed by atoms with E-state index in [0.717, 1.165) is 21.1 Å². The molecule has 1 amide bonds. The van der Waals surface area contributed by atoms with Crippen molar-refractivity contribution in [3.8, 4) is 5.88 Å².